The molecule has 1 saturated heterocycles. The van der Waals surface area contributed by atoms with Crippen LogP contribution in [0.3, 0.4) is 0 Å². The summed E-state index contributed by atoms with van der Waals surface area (Å²) in [6.45, 7) is 9.44. The number of unbranched alkanes of at least 4 members (excludes halogenated alkanes) is 1. The van der Waals surface area contributed by atoms with E-state index in [2.05, 4.69) is 33.5 Å². The van der Waals surface area contributed by atoms with Crippen LogP contribution in [0.1, 0.15) is 33.1 Å². The average Bonchev–Trinajstić information content (AvgIpc) is 3.06. The monoisotopic (exact) mass is 366 g/mol. The van der Waals surface area contributed by atoms with Gasteiger partial charge in [-0.25, -0.2) is 0 Å². The second-order valence-electron chi connectivity index (χ2n) is 6.22. The SMILES string of the molecule is CCNC(=NCCCCOCC)NC1CCN(c2cccc(Cl)c2)C1. The maximum absolute atomic E-state index is 6.11. The highest BCUT2D eigenvalue weighted by Gasteiger charge is 2.23. The molecule has 0 spiro atoms. The lowest BCUT2D eigenvalue weighted by Gasteiger charge is -2.20. The number of ether oxygens (including phenoxy) is 1. The number of hydrogen-bond donors (Lipinski definition) is 2. The van der Waals surface area contributed by atoms with Crippen LogP contribution in [0.4, 0.5) is 5.69 Å². The molecule has 1 aromatic carbocycles. The molecule has 1 aliphatic rings. The third kappa shape index (κ3) is 7.12. The van der Waals surface area contributed by atoms with E-state index in [-0.39, 0.29) is 0 Å². The quantitative estimate of drug-likeness (QED) is 0.400. The molecule has 6 heteroatoms. The molecule has 1 atom stereocenters. The fourth-order valence-corrected chi connectivity index (χ4v) is 3.13. The minimum absolute atomic E-state index is 0.403. The van der Waals surface area contributed by atoms with Gasteiger partial charge in [-0.05, 0) is 51.3 Å². The van der Waals surface area contributed by atoms with E-state index in [9.17, 15) is 0 Å². The van der Waals surface area contributed by atoms with Gasteiger partial charge in [-0.3, -0.25) is 4.99 Å². The van der Waals surface area contributed by atoms with Crippen molar-refractivity contribution in [1.82, 2.24) is 10.6 Å². The predicted octanol–water partition coefficient (Wildman–Crippen LogP) is 3.29. The molecule has 25 heavy (non-hydrogen) atoms. The van der Waals surface area contributed by atoms with Gasteiger partial charge in [0.2, 0.25) is 0 Å². The van der Waals surface area contributed by atoms with E-state index >= 15 is 0 Å². The first-order chi connectivity index (χ1) is 12.2. The van der Waals surface area contributed by atoms with Crippen molar-refractivity contribution >= 4 is 23.2 Å². The third-order valence-corrected chi connectivity index (χ3v) is 4.45. The first-order valence-electron chi connectivity index (χ1n) is 9.36. The topological polar surface area (TPSA) is 48.9 Å². The Kier molecular flexibility index (Phi) is 8.91. The number of halogens is 1. The molecular weight excluding hydrogens is 336 g/mol. The molecule has 5 nitrogen and oxygen atoms in total. The largest absolute Gasteiger partial charge is 0.382 e. The molecule has 0 aliphatic carbocycles. The maximum atomic E-state index is 6.11. The average molecular weight is 367 g/mol. The van der Waals surface area contributed by atoms with Gasteiger partial charge in [0.15, 0.2) is 5.96 Å². The fourth-order valence-electron chi connectivity index (χ4n) is 2.95. The summed E-state index contributed by atoms with van der Waals surface area (Å²) in [5.41, 5.74) is 1.19. The Labute approximate surface area is 156 Å². The van der Waals surface area contributed by atoms with Crippen molar-refractivity contribution in [3.05, 3.63) is 29.3 Å². The summed E-state index contributed by atoms with van der Waals surface area (Å²) in [5, 5.41) is 7.70. The van der Waals surface area contributed by atoms with Crippen LogP contribution in [0.5, 0.6) is 0 Å². The minimum atomic E-state index is 0.403. The molecule has 0 amide bonds. The van der Waals surface area contributed by atoms with Crippen molar-refractivity contribution in [2.24, 2.45) is 4.99 Å². The smallest absolute Gasteiger partial charge is 0.191 e. The highest BCUT2D eigenvalue weighted by atomic mass is 35.5. The van der Waals surface area contributed by atoms with Crippen molar-refractivity contribution in [2.45, 2.75) is 39.2 Å². The van der Waals surface area contributed by atoms with Gasteiger partial charge in [-0.1, -0.05) is 17.7 Å². The highest BCUT2D eigenvalue weighted by molar-refractivity contribution is 6.30. The molecule has 0 bridgehead atoms. The van der Waals surface area contributed by atoms with Crippen LogP contribution >= 0.6 is 11.6 Å². The van der Waals surface area contributed by atoms with Crippen LogP contribution < -0.4 is 15.5 Å². The second kappa shape index (κ2) is 11.2. The van der Waals surface area contributed by atoms with Crippen LogP contribution in [0, 0.1) is 0 Å². The number of nitrogens with zero attached hydrogens (tertiary/aromatic N) is 2. The summed E-state index contributed by atoms with van der Waals surface area (Å²) in [6, 6.07) is 8.47. The lowest BCUT2D eigenvalue weighted by molar-refractivity contribution is 0.144. The lowest BCUT2D eigenvalue weighted by Crippen LogP contribution is -2.44. The molecule has 0 radical (unpaired) electrons. The second-order valence-corrected chi connectivity index (χ2v) is 6.66. The number of benzene rings is 1. The number of nitrogens with one attached hydrogen (secondary N) is 2. The molecule has 1 fully saturated rings. The molecule has 2 N–H and O–H groups in total. The first-order valence-corrected chi connectivity index (χ1v) is 9.73. The Morgan fingerprint density at radius 1 is 1.36 bits per heavy atom. The van der Waals surface area contributed by atoms with Gasteiger partial charge >= 0.3 is 0 Å². The van der Waals surface area contributed by atoms with Crippen LogP contribution in [0.15, 0.2) is 29.3 Å². The molecule has 0 aromatic heterocycles. The Bertz CT molecular complexity index is 538. The lowest BCUT2D eigenvalue weighted by atomic mass is 10.2. The number of aliphatic imine (C=N–C) groups is 1. The molecule has 2 rings (SSSR count). The van der Waals surface area contributed by atoms with Crippen molar-refractivity contribution in [3.63, 3.8) is 0 Å². The van der Waals surface area contributed by atoms with E-state index in [0.29, 0.717) is 6.04 Å². The van der Waals surface area contributed by atoms with Gasteiger partial charge in [0.05, 0.1) is 0 Å². The van der Waals surface area contributed by atoms with Crippen molar-refractivity contribution in [1.29, 1.82) is 0 Å². The number of guanidine groups is 1. The van der Waals surface area contributed by atoms with Gasteiger partial charge in [-0.15, -0.1) is 0 Å². The van der Waals surface area contributed by atoms with Crippen molar-refractivity contribution < 1.29 is 4.74 Å². The van der Waals surface area contributed by atoms with Gasteiger partial charge in [-0.2, -0.15) is 0 Å². The Hall–Kier alpha value is -1.46. The summed E-state index contributed by atoms with van der Waals surface area (Å²) in [7, 11) is 0. The molecular formula is C19H31ClN4O. The van der Waals surface area contributed by atoms with Crippen LogP contribution in [0.25, 0.3) is 0 Å². The van der Waals surface area contributed by atoms with Gasteiger partial charge in [0.25, 0.3) is 0 Å². The van der Waals surface area contributed by atoms with Crippen molar-refractivity contribution in [2.75, 3.05) is 44.3 Å². The Balaban J connectivity index is 1.79. The van der Waals surface area contributed by atoms with E-state index in [0.717, 1.165) is 69.6 Å². The first kappa shape index (κ1) is 19.9. The molecule has 0 saturated carbocycles. The maximum Gasteiger partial charge on any atom is 0.191 e. The van der Waals surface area contributed by atoms with Crippen molar-refractivity contribution in [3.8, 4) is 0 Å². The summed E-state index contributed by atoms with van der Waals surface area (Å²) < 4.78 is 5.36. The molecule has 1 aliphatic heterocycles. The van der Waals surface area contributed by atoms with Crippen LogP contribution in [-0.2, 0) is 4.74 Å². The van der Waals surface area contributed by atoms with E-state index in [1.165, 1.54) is 5.69 Å². The van der Waals surface area contributed by atoms with Gasteiger partial charge in [0.1, 0.15) is 0 Å². The highest BCUT2D eigenvalue weighted by Crippen LogP contribution is 2.23. The summed E-state index contributed by atoms with van der Waals surface area (Å²) >= 11 is 6.11. The zero-order valence-electron chi connectivity index (χ0n) is 15.4. The normalized spacial score (nSPS) is 17.8. The minimum Gasteiger partial charge on any atom is -0.382 e. The van der Waals surface area contributed by atoms with E-state index < -0.39 is 0 Å². The molecule has 1 aromatic rings. The fraction of sp³-hybridized carbons (Fsp3) is 0.632. The standard InChI is InChI=1S/C19H31ClN4O/c1-3-21-19(22-11-5-6-13-25-4-2)23-17-10-12-24(15-17)18-9-7-8-16(20)14-18/h7-9,14,17H,3-6,10-13,15H2,1-2H3,(H2,21,22,23). The summed E-state index contributed by atoms with van der Waals surface area (Å²) in [6.07, 6.45) is 3.21. The van der Waals surface area contributed by atoms with Gasteiger partial charge in [0, 0.05) is 56.1 Å². The third-order valence-electron chi connectivity index (χ3n) is 4.22. The zero-order chi connectivity index (χ0) is 17.9. The predicted molar refractivity (Wildman–Crippen MR) is 107 cm³/mol. The Morgan fingerprint density at radius 2 is 2.24 bits per heavy atom. The number of hydrogen-bond acceptors (Lipinski definition) is 3. The molecule has 140 valence electrons. The van der Waals surface area contributed by atoms with E-state index in [1.807, 2.05) is 25.1 Å². The number of rotatable bonds is 9. The summed E-state index contributed by atoms with van der Waals surface area (Å²) in [4.78, 5) is 7.06. The Morgan fingerprint density at radius 3 is 3.00 bits per heavy atom. The molecule has 1 heterocycles. The van der Waals surface area contributed by atoms with E-state index in [1.54, 1.807) is 0 Å². The van der Waals surface area contributed by atoms with Crippen LogP contribution in [-0.4, -0.2) is 51.4 Å². The number of anilines is 1. The molecule has 1 unspecified atom stereocenters. The van der Waals surface area contributed by atoms with E-state index in [4.69, 9.17) is 16.3 Å². The van der Waals surface area contributed by atoms with Gasteiger partial charge < -0.3 is 20.3 Å². The zero-order valence-corrected chi connectivity index (χ0v) is 16.2. The summed E-state index contributed by atoms with van der Waals surface area (Å²) in [5.74, 6) is 0.914. The van der Waals surface area contributed by atoms with Crippen LogP contribution in [0.2, 0.25) is 5.02 Å².